The molecule has 1 atom stereocenters. The molecule has 0 fully saturated rings. The van der Waals surface area contributed by atoms with Gasteiger partial charge in [0.05, 0.1) is 17.4 Å². The molecule has 0 saturated carbocycles. The van der Waals surface area contributed by atoms with Gasteiger partial charge in [-0.3, -0.25) is 0 Å². The lowest BCUT2D eigenvalue weighted by molar-refractivity contribution is 0.653. The molecule has 0 bridgehead atoms. The number of hydrogen-bond donors (Lipinski definition) is 0. The molecule has 152 valence electrons. The molecule has 1 aliphatic rings. The minimum Gasteiger partial charge on any atom is -0.454 e. The molecular formula is C27H23N3O. The summed E-state index contributed by atoms with van der Waals surface area (Å²) in [7, 11) is 0. The summed E-state index contributed by atoms with van der Waals surface area (Å²) >= 11 is 0. The first-order valence-corrected chi connectivity index (χ1v) is 10.7. The molecule has 6 rings (SSSR count). The third kappa shape index (κ3) is 2.72. The molecular weight excluding hydrogens is 382 g/mol. The van der Waals surface area contributed by atoms with Gasteiger partial charge in [-0.1, -0.05) is 48.5 Å². The highest BCUT2D eigenvalue weighted by molar-refractivity contribution is 6.10. The Kier molecular flexibility index (Phi) is 4.00. The van der Waals surface area contributed by atoms with Gasteiger partial charge in [-0.2, -0.15) is 0 Å². The molecule has 2 aromatic heterocycles. The second-order valence-electron chi connectivity index (χ2n) is 8.22. The number of hydrogen-bond acceptors (Lipinski definition) is 4. The highest BCUT2D eigenvalue weighted by atomic mass is 16.3. The van der Waals surface area contributed by atoms with Crippen molar-refractivity contribution >= 4 is 44.8 Å². The van der Waals surface area contributed by atoms with E-state index in [4.69, 9.17) is 9.40 Å². The summed E-state index contributed by atoms with van der Waals surface area (Å²) < 4.78 is 6.40. The van der Waals surface area contributed by atoms with Gasteiger partial charge in [0.1, 0.15) is 5.58 Å². The van der Waals surface area contributed by atoms with Crippen LogP contribution in [0, 0.1) is 6.92 Å². The largest absolute Gasteiger partial charge is 0.454 e. The van der Waals surface area contributed by atoms with Crippen molar-refractivity contribution in [3.8, 4) is 0 Å². The number of aryl methyl sites for hydroxylation is 1. The normalized spacial score (nSPS) is 16.1. The summed E-state index contributed by atoms with van der Waals surface area (Å²) in [5.74, 6) is 0.972. The Balaban J connectivity index is 1.59. The number of anilines is 4. The average Bonchev–Trinajstić information content (AvgIpc) is 3.18. The van der Waals surface area contributed by atoms with Gasteiger partial charge in [0.15, 0.2) is 11.4 Å². The van der Waals surface area contributed by atoms with E-state index in [0.29, 0.717) is 0 Å². The van der Waals surface area contributed by atoms with E-state index in [1.165, 1.54) is 5.56 Å². The summed E-state index contributed by atoms with van der Waals surface area (Å²) in [6.45, 7) is 5.25. The maximum absolute atomic E-state index is 6.40. The van der Waals surface area contributed by atoms with Crippen molar-refractivity contribution in [1.29, 1.82) is 0 Å². The molecule has 3 aromatic carbocycles. The molecule has 4 nitrogen and oxygen atoms in total. The molecule has 0 unspecified atom stereocenters. The van der Waals surface area contributed by atoms with Gasteiger partial charge < -0.3 is 14.2 Å². The Morgan fingerprint density at radius 1 is 0.871 bits per heavy atom. The van der Waals surface area contributed by atoms with Gasteiger partial charge in [0.2, 0.25) is 0 Å². The van der Waals surface area contributed by atoms with Crippen LogP contribution in [0.3, 0.4) is 0 Å². The second kappa shape index (κ2) is 6.88. The third-order valence-corrected chi connectivity index (χ3v) is 6.20. The number of fused-ring (bicyclic) bond motifs is 4. The summed E-state index contributed by atoms with van der Waals surface area (Å²) in [6, 6.07) is 27.6. The zero-order valence-corrected chi connectivity index (χ0v) is 17.6. The lowest BCUT2D eigenvalue weighted by Crippen LogP contribution is -2.44. The zero-order valence-electron chi connectivity index (χ0n) is 17.6. The summed E-state index contributed by atoms with van der Waals surface area (Å²) in [6.07, 6.45) is 1.87. The summed E-state index contributed by atoms with van der Waals surface area (Å²) in [5, 5.41) is 2.31. The van der Waals surface area contributed by atoms with E-state index in [1.54, 1.807) is 0 Å². The van der Waals surface area contributed by atoms with Gasteiger partial charge in [0, 0.05) is 29.2 Å². The first-order valence-electron chi connectivity index (χ1n) is 10.7. The fourth-order valence-corrected chi connectivity index (χ4v) is 4.82. The minimum absolute atomic E-state index is 0.240. The number of rotatable bonds is 2. The number of nitrogens with zero attached hydrogens (tertiary/aromatic N) is 3. The van der Waals surface area contributed by atoms with E-state index in [-0.39, 0.29) is 6.04 Å². The predicted octanol–water partition coefficient (Wildman–Crippen LogP) is 6.97. The van der Waals surface area contributed by atoms with E-state index < -0.39 is 0 Å². The lowest BCUT2D eigenvalue weighted by Gasteiger charge is -2.42. The lowest BCUT2D eigenvalue weighted by atomic mass is 10.0. The van der Waals surface area contributed by atoms with E-state index in [9.17, 15) is 0 Å². The first kappa shape index (κ1) is 18.0. The van der Waals surface area contributed by atoms with Crippen molar-refractivity contribution in [1.82, 2.24) is 4.98 Å². The van der Waals surface area contributed by atoms with E-state index in [0.717, 1.165) is 51.4 Å². The quantitative estimate of drug-likeness (QED) is 0.317. The standard InChI is InChI=1S/C27H23N3O/c1-18-14-15-22-21-11-6-7-13-24(21)31-26(22)25(18)29-17-19(2)30(20-9-4-3-5-10-20)27-23(29)12-8-16-28-27/h3-16,19H,17H2,1-2H3/t19-/m1/s1. The first-order chi connectivity index (χ1) is 15.2. The van der Waals surface area contributed by atoms with E-state index in [2.05, 4.69) is 84.3 Å². The highest BCUT2D eigenvalue weighted by Gasteiger charge is 2.33. The van der Waals surface area contributed by atoms with Crippen molar-refractivity contribution in [2.45, 2.75) is 19.9 Å². The molecule has 0 radical (unpaired) electrons. The van der Waals surface area contributed by atoms with Crippen molar-refractivity contribution < 1.29 is 4.42 Å². The monoisotopic (exact) mass is 405 g/mol. The van der Waals surface area contributed by atoms with Gasteiger partial charge in [-0.05, 0) is 49.7 Å². The van der Waals surface area contributed by atoms with Crippen molar-refractivity contribution in [2.75, 3.05) is 16.3 Å². The van der Waals surface area contributed by atoms with Gasteiger partial charge >= 0.3 is 0 Å². The van der Waals surface area contributed by atoms with Crippen LogP contribution < -0.4 is 9.80 Å². The summed E-state index contributed by atoms with van der Waals surface area (Å²) in [4.78, 5) is 9.52. The molecule has 1 aliphatic heterocycles. The molecule has 5 aromatic rings. The third-order valence-electron chi connectivity index (χ3n) is 6.20. The Morgan fingerprint density at radius 2 is 1.68 bits per heavy atom. The molecule has 0 amide bonds. The summed E-state index contributed by atoms with van der Waals surface area (Å²) in [5.41, 5.74) is 6.45. The van der Waals surface area contributed by atoms with Crippen molar-refractivity contribution in [2.24, 2.45) is 0 Å². The van der Waals surface area contributed by atoms with Crippen LogP contribution in [-0.4, -0.2) is 17.6 Å². The van der Waals surface area contributed by atoms with E-state index >= 15 is 0 Å². The SMILES string of the molecule is Cc1ccc2c(oc3ccccc32)c1N1C[C@@H](C)N(c2ccccc2)c2ncccc21. The molecule has 0 N–H and O–H groups in total. The molecule has 4 heteroatoms. The highest BCUT2D eigenvalue weighted by Crippen LogP contribution is 2.46. The van der Waals surface area contributed by atoms with Gasteiger partial charge in [-0.15, -0.1) is 0 Å². The maximum atomic E-state index is 6.40. The van der Waals surface area contributed by atoms with Crippen LogP contribution in [0.2, 0.25) is 0 Å². The smallest absolute Gasteiger partial charge is 0.159 e. The van der Waals surface area contributed by atoms with Crippen LogP contribution in [0.1, 0.15) is 12.5 Å². The Bertz CT molecular complexity index is 1410. The van der Waals surface area contributed by atoms with Gasteiger partial charge in [0.25, 0.3) is 0 Å². The van der Waals surface area contributed by atoms with Crippen LogP contribution >= 0.6 is 0 Å². The van der Waals surface area contributed by atoms with Crippen molar-refractivity contribution in [3.63, 3.8) is 0 Å². The Labute approximate surface area is 181 Å². The number of furan rings is 1. The molecule has 31 heavy (non-hydrogen) atoms. The number of para-hydroxylation sites is 2. The van der Waals surface area contributed by atoms with Crippen LogP contribution in [0.25, 0.3) is 21.9 Å². The number of pyridine rings is 1. The second-order valence-corrected chi connectivity index (χ2v) is 8.22. The number of benzene rings is 3. The van der Waals surface area contributed by atoms with E-state index in [1.807, 2.05) is 24.4 Å². The molecule has 3 heterocycles. The van der Waals surface area contributed by atoms with Crippen LogP contribution in [0.4, 0.5) is 22.9 Å². The molecule has 0 spiro atoms. The molecule has 0 aliphatic carbocycles. The van der Waals surface area contributed by atoms with Crippen molar-refractivity contribution in [3.05, 3.63) is 90.6 Å². The van der Waals surface area contributed by atoms with Crippen LogP contribution in [-0.2, 0) is 0 Å². The zero-order chi connectivity index (χ0) is 20.9. The van der Waals surface area contributed by atoms with Crippen LogP contribution in [0.15, 0.2) is 89.5 Å². The van der Waals surface area contributed by atoms with Gasteiger partial charge in [-0.25, -0.2) is 4.98 Å². The Hall–Kier alpha value is -3.79. The number of aromatic nitrogens is 1. The fourth-order valence-electron chi connectivity index (χ4n) is 4.82. The Morgan fingerprint density at radius 3 is 2.55 bits per heavy atom. The molecule has 0 saturated heterocycles. The predicted molar refractivity (Wildman–Crippen MR) is 128 cm³/mol. The maximum Gasteiger partial charge on any atom is 0.159 e. The minimum atomic E-state index is 0.240. The topological polar surface area (TPSA) is 32.5 Å². The average molecular weight is 406 g/mol. The van der Waals surface area contributed by atoms with Crippen LogP contribution in [0.5, 0.6) is 0 Å². The fraction of sp³-hybridized carbons (Fsp3) is 0.148.